The number of hydrogen-bond donors (Lipinski definition) is 0. The van der Waals surface area contributed by atoms with E-state index in [9.17, 15) is 0 Å². The molecule has 1 aliphatic rings. The molecule has 2 heteroatoms. The lowest BCUT2D eigenvalue weighted by molar-refractivity contribution is 0.660. The molecule has 0 unspecified atom stereocenters. The quantitative estimate of drug-likeness (QED) is 0.177. The van der Waals surface area contributed by atoms with Crippen LogP contribution in [0.3, 0.4) is 0 Å². The largest absolute Gasteiger partial charge is 0.455 e. The first kappa shape index (κ1) is 31.6. The number of anilines is 3. The van der Waals surface area contributed by atoms with Crippen molar-refractivity contribution >= 4 is 60.5 Å². The fourth-order valence-corrected chi connectivity index (χ4v) is 9.03. The molecular weight excluding hydrogens is 667 g/mol. The molecule has 1 heterocycles. The average Bonchev–Trinajstić information content (AvgIpc) is 3.73. The molecule has 2 nitrogen and oxygen atoms in total. The van der Waals surface area contributed by atoms with Crippen molar-refractivity contribution in [1.29, 1.82) is 0 Å². The van der Waals surface area contributed by atoms with Gasteiger partial charge in [-0.05, 0) is 104 Å². The van der Waals surface area contributed by atoms with Crippen LogP contribution >= 0.6 is 0 Å². The van der Waals surface area contributed by atoms with E-state index in [0.29, 0.717) is 0 Å². The lowest BCUT2D eigenvalue weighted by Crippen LogP contribution is -2.15. The smallest absolute Gasteiger partial charge is 0.143 e. The maximum atomic E-state index is 6.73. The third kappa shape index (κ3) is 4.95. The Hall–Kier alpha value is -6.90. The third-order valence-electron chi connectivity index (χ3n) is 11.8. The van der Waals surface area contributed by atoms with Gasteiger partial charge in [0.25, 0.3) is 0 Å². The van der Waals surface area contributed by atoms with Crippen molar-refractivity contribution in [2.24, 2.45) is 0 Å². The summed E-state index contributed by atoms with van der Waals surface area (Å²) >= 11 is 0. The fourth-order valence-electron chi connectivity index (χ4n) is 9.03. The molecule has 0 fully saturated rings. The number of rotatable bonds is 5. The molecule has 0 N–H and O–H groups in total. The molecule has 0 bridgehead atoms. The molecule has 0 amide bonds. The molecular formula is C53H37NO. The topological polar surface area (TPSA) is 16.4 Å². The van der Waals surface area contributed by atoms with Crippen LogP contribution in [0.25, 0.3) is 76.9 Å². The minimum absolute atomic E-state index is 0.0586. The summed E-state index contributed by atoms with van der Waals surface area (Å²) in [5.41, 5.74) is 15.1. The lowest BCUT2D eigenvalue weighted by atomic mass is 9.82. The monoisotopic (exact) mass is 703 g/mol. The molecule has 0 radical (unpaired) electrons. The van der Waals surface area contributed by atoms with Crippen molar-refractivity contribution in [3.05, 3.63) is 199 Å². The second-order valence-corrected chi connectivity index (χ2v) is 15.3. The van der Waals surface area contributed by atoms with Gasteiger partial charge in [0.05, 0.1) is 0 Å². The summed E-state index contributed by atoms with van der Waals surface area (Å²) in [6.07, 6.45) is 0. The van der Waals surface area contributed by atoms with Crippen molar-refractivity contribution in [2.45, 2.75) is 19.3 Å². The molecule has 1 aliphatic carbocycles. The average molecular weight is 704 g/mol. The number of furan rings is 1. The summed E-state index contributed by atoms with van der Waals surface area (Å²) in [6.45, 7) is 4.68. The molecule has 11 rings (SSSR count). The Morgan fingerprint density at radius 2 is 0.982 bits per heavy atom. The Morgan fingerprint density at radius 1 is 0.364 bits per heavy atom. The standard InChI is InChI=1S/C53H37NO/c1-53(2)49-20-8-7-17-45(49)48-33-42(28-30-50(48)53)54(41-15-9-14-38(32-41)39-22-21-34-11-3-4-13-37(34)31-39)40-26-23-36(24-27-40)44-18-10-19-46-47-29-25-35-12-5-6-16-43(35)52(47)55-51(44)46/h3-33H,1-2H3. The summed E-state index contributed by atoms with van der Waals surface area (Å²) in [5, 5.41) is 7.09. The van der Waals surface area contributed by atoms with Gasteiger partial charge in [0.2, 0.25) is 0 Å². The van der Waals surface area contributed by atoms with Gasteiger partial charge in [0.1, 0.15) is 11.2 Å². The van der Waals surface area contributed by atoms with Gasteiger partial charge in [0.15, 0.2) is 0 Å². The lowest BCUT2D eigenvalue weighted by Gasteiger charge is -2.28. The third-order valence-corrected chi connectivity index (χ3v) is 11.8. The van der Waals surface area contributed by atoms with E-state index in [-0.39, 0.29) is 5.41 Å². The van der Waals surface area contributed by atoms with Gasteiger partial charge in [0, 0.05) is 44.2 Å². The second kappa shape index (κ2) is 12.1. The number of para-hydroxylation sites is 1. The highest BCUT2D eigenvalue weighted by molar-refractivity contribution is 6.17. The molecule has 1 aromatic heterocycles. The second-order valence-electron chi connectivity index (χ2n) is 15.3. The van der Waals surface area contributed by atoms with Crippen LogP contribution < -0.4 is 4.90 Å². The van der Waals surface area contributed by atoms with E-state index in [1.807, 2.05) is 0 Å². The van der Waals surface area contributed by atoms with Crippen LogP contribution in [0.2, 0.25) is 0 Å². The zero-order valence-electron chi connectivity index (χ0n) is 30.8. The SMILES string of the molecule is CC1(C)c2ccccc2-c2cc(N(c3ccc(-c4cccc5c4oc4c6ccccc6ccc54)cc3)c3cccc(-c4ccc5ccccc5c4)c3)ccc21. The summed E-state index contributed by atoms with van der Waals surface area (Å²) in [7, 11) is 0. The molecule has 55 heavy (non-hydrogen) atoms. The van der Waals surface area contributed by atoms with Crippen LogP contribution in [0.1, 0.15) is 25.0 Å². The Labute approximate surface area is 320 Å². The van der Waals surface area contributed by atoms with Crippen LogP contribution in [0.15, 0.2) is 192 Å². The summed E-state index contributed by atoms with van der Waals surface area (Å²) < 4.78 is 6.73. The number of benzene rings is 9. The van der Waals surface area contributed by atoms with Crippen molar-refractivity contribution < 1.29 is 4.42 Å². The van der Waals surface area contributed by atoms with Gasteiger partial charge in [-0.15, -0.1) is 0 Å². The first-order valence-electron chi connectivity index (χ1n) is 19.1. The molecule has 0 saturated carbocycles. The fraction of sp³-hybridized carbons (Fsp3) is 0.0566. The van der Waals surface area contributed by atoms with E-state index in [2.05, 4.69) is 207 Å². The highest BCUT2D eigenvalue weighted by Crippen LogP contribution is 2.51. The highest BCUT2D eigenvalue weighted by Gasteiger charge is 2.35. The van der Waals surface area contributed by atoms with Crippen LogP contribution in [0, 0.1) is 0 Å². The Morgan fingerprint density at radius 3 is 1.87 bits per heavy atom. The Bertz CT molecular complexity index is 3130. The normalized spacial score (nSPS) is 13.1. The predicted octanol–water partition coefficient (Wildman–Crippen LogP) is 15.0. The minimum Gasteiger partial charge on any atom is -0.455 e. The van der Waals surface area contributed by atoms with Gasteiger partial charge in [-0.3, -0.25) is 0 Å². The predicted molar refractivity (Wildman–Crippen MR) is 232 cm³/mol. The highest BCUT2D eigenvalue weighted by atomic mass is 16.3. The molecule has 0 saturated heterocycles. The van der Waals surface area contributed by atoms with Crippen molar-refractivity contribution in [1.82, 2.24) is 0 Å². The van der Waals surface area contributed by atoms with Crippen molar-refractivity contribution in [2.75, 3.05) is 4.90 Å². The van der Waals surface area contributed by atoms with Crippen LogP contribution in [0.4, 0.5) is 17.1 Å². The van der Waals surface area contributed by atoms with Crippen LogP contribution in [-0.4, -0.2) is 0 Å². The number of fused-ring (bicyclic) bond motifs is 9. The Kier molecular flexibility index (Phi) is 6.93. The Balaban J connectivity index is 1.06. The van der Waals surface area contributed by atoms with Crippen molar-refractivity contribution in [3.8, 4) is 33.4 Å². The zero-order valence-corrected chi connectivity index (χ0v) is 30.8. The molecule has 0 aliphatic heterocycles. The van der Waals surface area contributed by atoms with Crippen LogP contribution in [-0.2, 0) is 5.41 Å². The van der Waals surface area contributed by atoms with Crippen molar-refractivity contribution in [3.63, 3.8) is 0 Å². The first-order chi connectivity index (χ1) is 27.0. The van der Waals surface area contributed by atoms with Gasteiger partial charge >= 0.3 is 0 Å². The number of hydrogen-bond acceptors (Lipinski definition) is 2. The van der Waals surface area contributed by atoms with Crippen LogP contribution in [0.5, 0.6) is 0 Å². The molecule has 0 atom stereocenters. The minimum atomic E-state index is -0.0586. The van der Waals surface area contributed by atoms with E-state index in [1.54, 1.807) is 0 Å². The van der Waals surface area contributed by atoms with E-state index < -0.39 is 0 Å². The summed E-state index contributed by atoms with van der Waals surface area (Å²) in [4.78, 5) is 2.40. The van der Waals surface area contributed by atoms with E-state index >= 15 is 0 Å². The van der Waals surface area contributed by atoms with Gasteiger partial charge in [-0.25, -0.2) is 0 Å². The maximum absolute atomic E-state index is 6.73. The maximum Gasteiger partial charge on any atom is 0.143 e. The van der Waals surface area contributed by atoms with Gasteiger partial charge < -0.3 is 9.32 Å². The number of nitrogens with zero attached hydrogens (tertiary/aromatic N) is 1. The van der Waals surface area contributed by atoms with E-state index in [1.165, 1.54) is 49.5 Å². The summed E-state index contributed by atoms with van der Waals surface area (Å²) in [5.74, 6) is 0. The molecule has 10 aromatic rings. The van der Waals surface area contributed by atoms with Gasteiger partial charge in [-0.2, -0.15) is 0 Å². The molecule has 260 valence electrons. The summed E-state index contributed by atoms with van der Waals surface area (Å²) in [6, 6.07) is 68.4. The van der Waals surface area contributed by atoms with Gasteiger partial charge in [-0.1, -0.05) is 153 Å². The first-order valence-corrected chi connectivity index (χ1v) is 19.1. The van der Waals surface area contributed by atoms with E-state index in [0.717, 1.165) is 55.5 Å². The zero-order chi connectivity index (χ0) is 36.7. The molecule has 0 spiro atoms. The van der Waals surface area contributed by atoms with E-state index in [4.69, 9.17) is 4.42 Å². The molecule has 9 aromatic carbocycles.